The van der Waals surface area contributed by atoms with Crippen LogP contribution in [-0.2, 0) is 6.42 Å². The molecule has 0 saturated heterocycles. The highest BCUT2D eigenvalue weighted by Crippen LogP contribution is 2.31. The summed E-state index contributed by atoms with van der Waals surface area (Å²) in [5, 5.41) is 1.89. The Hall–Kier alpha value is -0.870. The van der Waals surface area contributed by atoms with Gasteiger partial charge in [0.2, 0.25) is 0 Å². The second kappa shape index (κ2) is 4.33. The maximum atomic E-state index is 5.93. The summed E-state index contributed by atoms with van der Waals surface area (Å²) in [6.45, 7) is 2.09. The van der Waals surface area contributed by atoms with Crippen molar-refractivity contribution in [3.8, 4) is 11.3 Å². The van der Waals surface area contributed by atoms with E-state index in [0.29, 0.717) is 0 Å². The number of hydrogen-bond acceptors (Lipinski definition) is 3. The van der Waals surface area contributed by atoms with Crippen molar-refractivity contribution in [2.24, 2.45) is 0 Å². The molecule has 0 aliphatic carbocycles. The van der Waals surface area contributed by atoms with Crippen LogP contribution in [0, 0.1) is 0 Å². The molecule has 0 fully saturated rings. The van der Waals surface area contributed by atoms with E-state index in [-0.39, 0.29) is 0 Å². The minimum absolute atomic E-state index is 0.800. The average Bonchev–Trinajstić information content (AvgIpc) is 2.61. The van der Waals surface area contributed by atoms with Gasteiger partial charge >= 0.3 is 0 Å². The first-order valence-corrected chi connectivity index (χ1v) is 6.32. The number of hydrogen-bond donors (Lipinski definition) is 1. The SMILES string of the molecule is CCc1nc(-c2ccc(Br)cc2)c(N)s1. The quantitative estimate of drug-likeness (QED) is 0.912. The standard InChI is InChI=1S/C11H11BrN2S/c1-2-9-14-10(11(13)15-9)7-3-5-8(12)6-4-7/h3-6H,2,13H2,1H3. The van der Waals surface area contributed by atoms with E-state index in [1.807, 2.05) is 24.3 Å². The fraction of sp³-hybridized carbons (Fsp3) is 0.182. The Morgan fingerprint density at radius 3 is 2.53 bits per heavy atom. The number of rotatable bonds is 2. The van der Waals surface area contributed by atoms with Crippen molar-refractivity contribution < 1.29 is 0 Å². The van der Waals surface area contributed by atoms with Crippen molar-refractivity contribution in [1.29, 1.82) is 0 Å². The molecule has 0 aliphatic rings. The Balaban J connectivity index is 2.44. The van der Waals surface area contributed by atoms with Crippen LogP contribution in [0.3, 0.4) is 0 Å². The summed E-state index contributed by atoms with van der Waals surface area (Å²) in [5.74, 6) is 0. The molecule has 0 radical (unpaired) electrons. The van der Waals surface area contributed by atoms with Crippen molar-refractivity contribution in [2.75, 3.05) is 5.73 Å². The molecule has 78 valence electrons. The van der Waals surface area contributed by atoms with Crippen LogP contribution in [-0.4, -0.2) is 4.98 Å². The first kappa shape index (κ1) is 10.6. The Morgan fingerprint density at radius 2 is 2.00 bits per heavy atom. The number of halogens is 1. The van der Waals surface area contributed by atoms with Gasteiger partial charge in [-0.25, -0.2) is 4.98 Å². The van der Waals surface area contributed by atoms with E-state index in [9.17, 15) is 0 Å². The van der Waals surface area contributed by atoms with Gasteiger partial charge in [-0.1, -0.05) is 35.0 Å². The Labute approximate surface area is 101 Å². The molecule has 0 aliphatic heterocycles. The summed E-state index contributed by atoms with van der Waals surface area (Å²) in [7, 11) is 0. The second-order valence-corrected chi connectivity index (χ2v) is 5.21. The molecule has 0 bridgehead atoms. The van der Waals surface area contributed by atoms with Crippen molar-refractivity contribution >= 4 is 32.3 Å². The first-order valence-electron chi connectivity index (χ1n) is 4.72. The zero-order chi connectivity index (χ0) is 10.8. The smallest absolute Gasteiger partial charge is 0.114 e. The van der Waals surface area contributed by atoms with Gasteiger partial charge in [0, 0.05) is 10.0 Å². The average molecular weight is 283 g/mol. The third-order valence-electron chi connectivity index (χ3n) is 2.12. The van der Waals surface area contributed by atoms with E-state index in [1.165, 1.54) is 0 Å². The van der Waals surface area contributed by atoms with E-state index >= 15 is 0 Å². The molecule has 0 amide bonds. The van der Waals surface area contributed by atoms with Crippen molar-refractivity contribution in [2.45, 2.75) is 13.3 Å². The molecule has 1 aromatic carbocycles. The highest BCUT2D eigenvalue weighted by Gasteiger charge is 2.08. The van der Waals surface area contributed by atoms with Gasteiger partial charge in [-0.2, -0.15) is 0 Å². The summed E-state index contributed by atoms with van der Waals surface area (Å²) in [6.07, 6.45) is 0.936. The van der Waals surface area contributed by atoms with Gasteiger partial charge in [0.1, 0.15) is 10.7 Å². The van der Waals surface area contributed by atoms with Gasteiger partial charge in [0.15, 0.2) is 0 Å². The lowest BCUT2D eigenvalue weighted by Gasteiger charge is -1.98. The van der Waals surface area contributed by atoms with Gasteiger partial charge in [-0.15, -0.1) is 11.3 Å². The summed E-state index contributed by atoms with van der Waals surface area (Å²) < 4.78 is 1.07. The van der Waals surface area contributed by atoms with E-state index in [1.54, 1.807) is 11.3 Å². The van der Waals surface area contributed by atoms with E-state index < -0.39 is 0 Å². The van der Waals surface area contributed by atoms with Gasteiger partial charge < -0.3 is 5.73 Å². The monoisotopic (exact) mass is 282 g/mol. The van der Waals surface area contributed by atoms with Gasteiger partial charge in [0.25, 0.3) is 0 Å². The number of aryl methyl sites for hydroxylation is 1. The maximum Gasteiger partial charge on any atom is 0.114 e. The highest BCUT2D eigenvalue weighted by atomic mass is 79.9. The number of aromatic nitrogens is 1. The summed E-state index contributed by atoms with van der Waals surface area (Å²) >= 11 is 4.97. The molecule has 2 aromatic rings. The van der Waals surface area contributed by atoms with Crippen molar-refractivity contribution in [1.82, 2.24) is 4.98 Å². The largest absolute Gasteiger partial charge is 0.389 e. The van der Waals surface area contributed by atoms with E-state index in [2.05, 4.69) is 27.8 Å². The zero-order valence-electron chi connectivity index (χ0n) is 8.33. The third kappa shape index (κ3) is 2.21. The van der Waals surface area contributed by atoms with Crippen molar-refractivity contribution in [3.63, 3.8) is 0 Å². The molecular weight excluding hydrogens is 272 g/mol. The Bertz CT molecular complexity index is 462. The van der Waals surface area contributed by atoms with Crippen LogP contribution in [0.1, 0.15) is 11.9 Å². The maximum absolute atomic E-state index is 5.93. The van der Waals surface area contributed by atoms with Crippen LogP contribution in [0.4, 0.5) is 5.00 Å². The predicted octanol–water partition coefficient (Wildman–Crippen LogP) is 3.72. The summed E-state index contributed by atoms with van der Waals surface area (Å²) in [5.41, 5.74) is 7.91. The Kier molecular flexibility index (Phi) is 3.07. The van der Waals surface area contributed by atoms with Crippen LogP contribution in [0.25, 0.3) is 11.3 Å². The molecule has 1 aromatic heterocycles. The molecule has 0 atom stereocenters. The van der Waals surface area contributed by atoms with Crippen LogP contribution in [0.5, 0.6) is 0 Å². The zero-order valence-corrected chi connectivity index (χ0v) is 10.7. The number of nitrogen functional groups attached to an aromatic ring is 1. The van der Waals surface area contributed by atoms with Crippen LogP contribution in [0.2, 0.25) is 0 Å². The number of benzene rings is 1. The van der Waals surface area contributed by atoms with Crippen LogP contribution in [0.15, 0.2) is 28.7 Å². The molecule has 0 spiro atoms. The summed E-state index contributed by atoms with van der Waals surface area (Å²) in [4.78, 5) is 4.51. The molecular formula is C11H11BrN2S. The van der Waals surface area contributed by atoms with Crippen LogP contribution < -0.4 is 5.73 Å². The molecule has 15 heavy (non-hydrogen) atoms. The van der Waals surface area contributed by atoms with Gasteiger partial charge in [-0.3, -0.25) is 0 Å². The van der Waals surface area contributed by atoms with Crippen molar-refractivity contribution in [3.05, 3.63) is 33.7 Å². The molecule has 0 unspecified atom stereocenters. The fourth-order valence-corrected chi connectivity index (χ4v) is 2.40. The molecule has 2 rings (SSSR count). The van der Waals surface area contributed by atoms with Gasteiger partial charge in [-0.05, 0) is 18.6 Å². The minimum atomic E-state index is 0.800. The summed E-state index contributed by atoms with van der Waals surface area (Å²) in [6, 6.07) is 8.04. The lowest BCUT2D eigenvalue weighted by atomic mass is 10.2. The normalized spacial score (nSPS) is 10.5. The van der Waals surface area contributed by atoms with Crippen LogP contribution >= 0.6 is 27.3 Å². The number of nitrogens with two attached hydrogens (primary N) is 1. The highest BCUT2D eigenvalue weighted by molar-refractivity contribution is 9.10. The number of nitrogens with zero attached hydrogens (tertiary/aromatic N) is 1. The fourth-order valence-electron chi connectivity index (χ4n) is 1.34. The van der Waals surface area contributed by atoms with E-state index in [0.717, 1.165) is 32.2 Å². The predicted molar refractivity (Wildman–Crippen MR) is 69.0 cm³/mol. The molecule has 2 N–H and O–H groups in total. The lowest BCUT2D eigenvalue weighted by Crippen LogP contribution is -1.85. The number of anilines is 1. The topological polar surface area (TPSA) is 38.9 Å². The van der Waals surface area contributed by atoms with Gasteiger partial charge in [0.05, 0.1) is 5.01 Å². The molecule has 0 saturated carbocycles. The first-order chi connectivity index (χ1) is 7.20. The lowest BCUT2D eigenvalue weighted by molar-refractivity contribution is 1.10. The number of thiazole rings is 1. The molecule has 4 heteroatoms. The molecule has 2 nitrogen and oxygen atoms in total. The third-order valence-corrected chi connectivity index (χ3v) is 3.68. The van der Waals surface area contributed by atoms with E-state index in [4.69, 9.17) is 5.73 Å². The minimum Gasteiger partial charge on any atom is -0.389 e. The second-order valence-electron chi connectivity index (χ2n) is 3.18. The molecule has 1 heterocycles. The Morgan fingerprint density at radius 1 is 1.33 bits per heavy atom.